The molecule has 0 aliphatic carbocycles. The first-order valence-electron chi connectivity index (χ1n) is 10.4. The highest BCUT2D eigenvalue weighted by Crippen LogP contribution is 2.31. The summed E-state index contributed by atoms with van der Waals surface area (Å²) in [6.07, 6.45) is 0. The number of benzene rings is 3. The van der Waals surface area contributed by atoms with Gasteiger partial charge < -0.3 is 15.1 Å². The van der Waals surface area contributed by atoms with Crippen LogP contribution >= 0.6 is 0 Å². The highest BCUT2D eigenvalue weighted by molar-refractivity contribution is 7.92. The SMILES string of the molecule is CN1CCN(c2ccc(NS(=O)(=O)c3ccccc3)c(NCc3ccccc3)c2)CC1. The zero-order valence-corrected chi connectivity index (χ0v) is 18.5. The zero-order chi connectivity index (χ0) is 21.7. The third-order valence-electron chi connectivity index (χ3n) is 5.50. The molecule has 3 aromatic carbocycles. The van der Waals surface area contributed by atoms with E-state index in [1.54, 1.807) is 30.3 Å². The van der Waals surface area contributed by atoms with E-state index in [2.05, 4.69) is 26.9 Å². The molecule has 1 aliphatic heterocycles. The van der Waals surface area contributed by atoms with E-state index in [-0.39, 0.29) is 4.90 Å². The number of rotatable bonds is 7. The minimum atomic E-state index is -3.67. The Kier molecular flexibility index (Phi) is 6.44. The molecule has 3 aromatic rings. The molecule has 0 bridgehead atoms. The Balaban J connectivity index is 1.61. The van der Waals surface area contributed by atoms with Crippen LogP contribution in [0.4, 0.5) is 17.1 Å². The van der Waals surface area contributed by atoms with E-state index in [1.165, 1.54) is 0 Å². The van der Waals surface area contributed by atoms with Crippen molar-refractivity contribution < 1.29 is 8.42 Å². The van der Waals surface area contributed by atoms with Crippen molar-refractivity contribution in [3.63, 3.8) is 0 Å². The Bertz CT molecular complexity index is 1100. The number of sulfonamides is 1. The molecule has 1 heterocycles. The predicted octanol–water partition coefficient (Wildman–Crippen LogP) is 3.85. The molecule has 0 amide bonds. The summed E-state index contributed by atoms with van der Waals surface area (Å²) >= 11 is 0. The number of piperazine rings is 1. The van der Waals surface area contributed by atoms with Gasteiger partial charge in [-0.2, -0.15) is 0 Å². The van der Waals surface area contributed by atoms with Gasteiger partial charge in [0.05, 0.1) is 16.3 Å². The molecule has 0 unspecified atom stereocenters. The smallest absolute Gasteiger partial charge is 0.261 e. The molecule has 0 atom stereocenters. The van der Waals surface area contributed by atoms with Gasteiger partial charge in [-0.15, -0.1) is 0 Å². The molecule has 0 radical (unpaired) electrons. The van der Waals surface area contributed by atoms with Gasteiger partial charge in [0.1, 0.15) is 0 Å². The molecule has 2 N–H and O–H groups in total. The van der Waals surface area contributed by atoms with Gasteiger partial charge in [-0.25, -0.2) is 8.42 Å². The summed E-state index contributed by atoms with van der Waals surface area (Å²) in [5, 5.41) is 3.43. The highest BCUT2D eigenvalue weighted by atomic mass is 32.2. The lowest BCUT2D eigenvalue weighted by Gasteiger charge is -2.34. The number of likely N-dealkylation sites (N-methyl/N-ethyl adjacent to an activating group) is 1. The summed E-state index contributed by atoms with van der Waals surface area (Å²) in [6, 6.07) is 24.4. The normalized spacial score (nSPS) is 14.9. The van der Waals surface area contributed by atoms with Crippen molar-refractivity contribution in [2.24, 2.45) is 0 Å². The Labute approximate surface area is 184 Å². The van der Waals surface area contributed by atoms with Crippen LogP contribution in [-0.4, -0.2) is 46.5 Å². The first kappa shape index (κ1) is 21.2. The molecule has 1 saturated heterocycles. The molecule has 0 spiro atoms. The van der Waals surface area contributed by atoms with Crippen LogP contribution in [0.2, 0.25) is 0 Å². The van der Waals surface area contributed by atoms with Crippen molar-refractivity contribution >= 4 is 27.1 Å². The van der Waals surface area contributed by atoms with Crippen LogP contribution in [0.15, 0.2) is 83.8 Å². The summed E-state index contributed by atoms with van der Waals surface area (Å²) < 4.78 is 28.6. The molecule has 4 rings (SSSR count). The summed E-state index contributed by atoms with van der Waals surface area (Å²) in [4.78, 5) is 4.89. The van der Waals surface area contributed by atoms with Gasteiger partial charge in [-0.05, 0) is 42.9 Å². The van der Waals surface area contributed by atoms with Crippen LogP contribution in [-0.2, 0) is 16.6 Å². The van der Waals surface area contributed by atoms with Gasteiger partial charge >= 0.3 is 0 Å². The highest BCUT2D eigenvalue weighted by Gasteiger charge is 2.19. The molecular weight excluding hydrogens is 408 g/mol. The van der Waals surface area contributed by atoms with Crippen LogP contribution in [0.5, 0.6) is 0 Å². The topological polar surface area (TPSA) is 64.7 Å². The van der Waals surface area contributed by atoms with E-state index in [9.17, 15) is 8.42 Å². The van der Waals surface area contributed by atoms with Gasteiger partial charge in [0.25, 0.3) is 10.0 Å². The van der Waals surface area contributed by atoms with Crippen LogP contribution in [0.1, 0.15) is 5.56 Å². The van der Waals surface area contributed by atoms with Crippen LogP contribution in [0.25, 0.3) is 0 Å². The summed E-state index contributed by atoms with van der Waals surface area (Å²) in [7, 11) is -1.54. The lowest BCUT2D eigenvalue weighted by molar-refractivity contribution is 0.313. The van der Waals surface area contributed by atoms with Gasteiger partial charge in [0.15, 0.2) is 0 Å². The van der Waals surface area contributed by atoms with E-state index >= 15 is 0 Å². The second-order valence-corrected chi connectivity index (χ2v) is 9.46. The first-order valence-corrected chi connectivity index (χ1v) is 11.9. The molecule has 0 aromatic heterocycles. The Morgan fingerprint density at radius 3 is 2.13 bits per heavy atom. The second kappa shape index (κ2) is 9.41. The number of anilines is 3. The number of nitrogens with one attached hydrogen (secondary N) is 2. The van der Waals surface area contributed by atoms with E-state index in [0.717, 1.165) is 43.1 Å². The molecular formula is C24H28N4O2S. The predicted molar refractivity (Wildman–Crippen MR) is 127 cm³/mol. The fourth-order valence-corrected chi connectivity index (χ4v) is 4.73. The van der Waals surface area contributed by atoms with Crippen molar-refractivity contribution in [1.82, 2.24) is 4.90 Å². The molecule has 162 valence electrons. The molecule has 6 nitrogen and oxygen atoms in total. The fraction of sp³-hybridized carbons (Fsp3) is 0.250. The van der Waals surface area contributed by atoms with Gasteiger partial charge in [0, 0.05) is 38.4 Å². The average molecular weight is 437 g/mol. The molecule has 7 heteroatoms. The van der Waals surface area contributed by atoms with Crippen LogP contribution in [0, 0.1) is 0 Å². The van der Waals surface area contributed by atoms with E-state index < -0.39 is 10.0 Å². The fourth-order valence-electron chi connectivity index (χ4n) is 3.63. The lowest BCUT2D eigenvalue weighted by atomic mass is 10.2. The van der Waals surface area contributed by atoms with Crippen molar-refractivity contribution in [2.45, 2.75) is 11.4 Å². The summed E-state index contributed by atoms with van der Waals surface area (Å²) in [5.74, 6) is 0. The zero-order valence-electron chi connectivity index (χ0n) is 17.7. The maximum Gasteiger partial charge on any atom is 0.261 e. The average Bonchev–Trinajstić information content (AvgIpc) is 2.80. The van der Waals surface area contributed by atoms with Gasteiger partial charge in [0.2, 0.25) is 0 Å². The maximum atomic E-state index is 12.9. The van der Waals surface area contributed by atoms with Crippen LogP contribution < -0.4 is 14.9 Å². The number of hydrogen-bond acceptors (Lipinski definition) is 5. The molecule has 1 aliphatic rings. The minimum absolute atomic E-state index is 0.243. The number of hydrogen-bond donors (Lipinski definition) is 2. The van der Waals surface area contributed by atoms with E-state index in [0.29, 0.717) is 12.2 Å². The largest absolute Gasteiger partial charge is 0.379 e. The quantitative estimate of drug-likeness (QED) is 0.589. The van der Waals surface area contributed by atoms with Crippen molar-refractivity contribution in [3.8, 4) is 0 Å². The Hall–Kier alpha value is -3.03. The first-order chi connectivity index (χ1) is 15.0. The van der Waals surface area contributed by atoms with E-state index in [4.69, 9.17) is 0 Å². The number of nitrogens with zero attached hydrogens (tertiary/aromatic N) is 2. The van der Waals surface area contributed by atoms with Crippen molar-refractivity contribution in [1.29, 1.82) is 0 Å². The van der Waals surface area contributed by atoms with Gasteiger partial charge in [-0.3, -0.25) is 4.72 Å². The van der Waals surface area contributed by atoms with Crippen LogP contribution in [0.3, 0.4) is 0 Å². The molecule has 31 heavy (non-hydrogen) atoms. The summed E-state index contributed by atoms with van der Waals surface area (Å²) in [6.45, 7) is 4.52. The standard InChI is InChI=1S/C24H28N4O2S/c1-27-14-16-28(17-15-27)21-12-13-23(26-31(29,30)22-10-6-3-7-11-22)24(18-21)25-19-20-8-4-2-5-9-20/h2-13,18,25-26H,14-17,19H2,1H3. The van der Waals surface area contributed by atoms with Crippen molar-refractivity contribution in [2.75, 3.05) is 48.2 Å². The monoisotopic (exact) mass is 436 g/mol. The molecule has 1 fully saturated rings. The van der Waals surface area contributed by atoms with E-state index in [1.807, 2.05) is 48.5 Å². The minimum Gasteiger partial charge on any atom is -0.379 e. The Morgan fingerprint density at radius 2 is 1.45 bits per heavy atom. The third kappa shape index (κ3) is 5.37. The van der Waals surface area contributed by atoms with Gasteiger partial charge in [-0.1, -0.05) is 48.5 Å². The Morgan fingerprint density at radius 1 is 0.806 bits per heavy atom. The maximum absolute atomic E-state index is 12.9. The third-order valence-corrected chi connectivity index (χ3v) is 6.88. The molecule has 0 saturated carbocycles. The lowest BCUT2D eigenvalue weighted by Crippen LogP contribution is -2.44. The van der Waals surface area contributed by atoms with Crippen molar-refractivity contribution in [3.05, 3.63) is 84.4 Å². The second-order valence-electron chi connectivity index (χ2n) is 7.78. The summed E-state index contributed by atoms with van der Waals surface area (Å²) in [5.41, 5.74) is 3.52.